The number of carbonyl (C=O) groups is 1. The van der Waals surface area contributed by atoms with Crippen molar-refractivity contribution in [1.82, 2.24) is 0 Å². The van der Waals surface area contributed by atoms with Crippen LogP contribution in [0, 0.1) is 29.1 Å². The maximum Gasteiger partial charge on any atom is 0.313 e. The largest absolute Gasteiger partial charge is 0.459 e. The van der Waals surface area contributed by atoms with Crippen LogP contribution in [0.25, 0.3) is 0 Å². The molecule has 0 aromatic carbocycles. The van der Waals surface area contributed by atoms with E-state index in [0.29, 0.717) is 11.8 Å². The molecule has 1 saturated heterocycles. The summed E-state index contributed by atoms with van der Waals surface area (Å²) in [6, 6.07) is 0. The van der Waals surface area contributed by atoms with Gasteiger partial charge in [0.1, 0.15) is 5.60 Å². The van der Waals surface area contributed by atoms with Crippen molar-refractivity contribution in [2.24, 2.45) is 29.1 Å². The van der Waals surface area contributed by atoms with Crippen molar-refractivity contribution in [2.75, 3.05) is 0 Å². The Balaban J connectivity index is 1.95. The van der Waals surface area contributed by atoms with Crippen LogP contribution in [0.15, 0.2) is 0 Å². The van der Waals surface area contributed by atoms with Crippen LogP contribution in [-0.4, -0.2) is 11.6 Å². The molecule has 0 amide bonds. The second-order valence-corrected chi connectivity index (χ2v) is 7.01. The molecule has 3 aliphatic rings. The van der Waals surface area contributed by atoms with Gasteiger partial charge in [-0.25, -0.2) is 0 Å². The van der Waals surface area contributed by atoms with Gasteiger partial charge in [-0.1, -0.05) is 13.8 Å². The van der Waals surface area contributed by atoms with Crippen LogP contribution in [0.3, 0.4) is 0 Å². The molecule has 2 saturated carbocycles. The molecular formula is C14H22O2. The van der Waals surface area contributed by atoms with Gasteiger partial charge in [0.25, 0.3) is 0 Å². The molecule has 1 aliphatic heterocycles. The van der Waals surface area contributed by atoms with E-state index >= 15 is 0 Å². The van der Waals surface area contributed by atoms with Crippen LogP contribution in [0.5, 0.6) is 0 Å². The highest BCUT2D eigenvalue weighted by molar-refractivity contribution is 5.81. The molecule has 3 rings (SSSR count). The van der Waals surface area contributed by atoms with Crippen LogP contribution in [0.4, 0.5) is 0 Å². The summed E-state index contributed by atoms with van der Waals surface area (Å²) in [6.07, 6.45) is 3.29. The average molecular weight is 222 g/mol. The summed E-state index contributed by atoms with van der Waals surface area (Å²) in [4.78, 5) is 12.2. The van der Waals surface area contributed by atoms with Gasteiger partial charge in [-0.3, -0.25) is 4.79 Å². The number of rotatable bonds is 0. The highest BCUT2D eigenvalue weighted by atomic mass is 16.6. The Morgan fingerprint density at radius 2 is 1.94 bits per heavy atom. The van der Waals surface area contributed by atoms with E-state index in [-0.39, 0.29) is 17.0 Å². The smallest absolute Gasteiger partial charge is 0.313 e. The highest BCUT2D eigenvalue weighted by Gasteiger charge is 2.66. The van der Waals surface area contributed by atoms with Crippen LogP contribution < -0.4 is 0 Å². The average Bonchev–Trinajstić information content (AvgIpc) is 2.71. The van der Waals surface area contributed by atoms with Crippen LogP contribution in [-0.2, 0) is 9.53 Å². The predicted molar refractivity (Wildman–Crippen MR) is 61.8 cm³/mol. The zero-order valence-electron chi connectivity index (χ0n) is 10.7. The summed E-state index contributed by atoms with van der Waals surface area (Å²) in [5.41, 5.74) is -0.343. The lowest BCUT2D eigenvalue weighted by Gasteiger charge is -2.37. The molecule has 2 heteroatoms. The van der Waals surface area contributed by atoms with E-state index in [1.807, 2.05) is 0 Å². The van der Waals surface area contributed by atoms with E-state index in [0.717, 1.165) is 24.7 Å². The van der Waals surface area contributed by atoms with E-state index in [1.54, 1.807) is 0 Å². The molecule has 5 unspecified atom stereocenters. The van der Waals surface area contributed by atoms with E-state index < -0.39 is 0 Å². The second-order valence-electron chi connectivity index (χ2n) is 7.01. The fourth-order valence-corrected chi connectivity index (χ4v) is 4.83. The summed E-state index contributed by atoms with van der Waals surface area (Å²) in [6.45, 7) is 8.79. The molecule has 5 atom stereocenters. The normalized spacial score (nSPS) is 53.6. The Morgan fingerprint density at radius 3 is 2.38 bits per heavy atom. The van der Waals surface area contributed by atoms with Crippen LogP contribution in [0.2, 0.25) is 0 Å². The van der Waals surface area contributed by atoms with Crippen molar-refractivity contribution in [2.45, 2.75) is 52.6 Å². The van der Waals surface area contributed by atoms with E-state index in [1.165, 1.54) is 6.42 Å². The number of ether oxygens (including phenoxy) is 1. The Labute approximate surface area is 97.7 Å². The maximum atomic E-state index is 12.2. The van der Waals surface area contributed by atoms with Crippen molar-refractivity contribution < 1.29 is 9.53 Å². The molecular weight excluding hydrogens is 200 g/mol. The van der Waals surface area contributed by atoms with Gasteiger partial charge in [0, 0.05) is 6.42 Å². The van der Waals surface area contributed by atoms with E-state index in [2.05, 4.69) is 27.7 Å². The molecule has 0 aromatic heterocycles. The van der Waals surface area contributed by atoms with Gasteiger partial charge in [0.2, 0.25) is 0 Å². The van der Waals surface area contributed by atoms with Crippen molar-refractivity contribution in [1.29, 1.82) is 0 Å². The molecule has 90 valence electrons. The summed E-state index contributed by atoms with van der Waals surface area (Å²) in [5, 5.41) is 0. The third-order valence-corrected chi connectivity index (χ3v) is 5.62. The first-order chi connectivity index (χ1) is 7.36. The number of fused-ring (bicyclic) bond motifs is 3. The lowest BCUT2D eigenvalue weighted by atomic mass is 9.63. The highest BCUT2D eigenvalue weighted by Crippen LogP contribution is 2.66. The molecule has 0 N–H and O–H groups in total. The van der Waals surface area contributed by atoms with Gasteiger partial charge >= 0.3 is 5.97 Å². The van der Waals surface area contributed by atoms with Gasteiger partial charge in [0.05, 0.1) is 5.41 Å². The Kier molecular flexibility index (Phi) is 1.88. The second kappa shape index (κ2) is 2.83. The van der Waals surface area contributed by atoms with Crippen molar-refractivity contribution in [3.05, 3.63) is 0 Å². The maximum absolute atomic E-state index is 12.2. The third-order valence-electron chi connectivity index (χ3n) is 5.62. The predicted octanol–water partition coefficient (Wildman–Crippen LogP) is 3.01. The lowest BCUT2D eigenvalue weighted by molar-refractivity contribution is -0.155. The lowest BCUT2D eigenvalue weighted by Crippen LogP contribution is -2.39. The number of cyclic esters (lactones) is 1. The Morgan fingerprint density at radius 1 is 1.25 bits per heavy atom. The summed E-state index contributed by atoms with van der Waals surface area (Å²) in [7, 11) is 0. The molecule has 1 heterocycles. The minimum Gasteiger partial charge on any atom is -0.459 e. The van der Waals surface area contributed by atoms with Gasteiger partial charge in [0.15, 0.2) is 0 Å². The van der Waals surface area contributed by atoms with E-state index in [4.69, 9.17) is 4.74 Å². The Bertz CT molecular complexity index is 345. The first-order valence-corrected chi connectivity index (χ1v) is 6.59. The molecule has 16 heavy (non-hydrogen) atoms. The first-order valence-electron chi connectivity index (χ1n) is 6.59. The number of hydrogen-bond acceptors (Lipinski definition) is 2. The van der Waals surface area contributed by atoms with Crippen molar-refractivity contribution in [3.8, 4) is 0 Å². The summed E-state index contributed by atoms with van der Waals surface area (Å²) >= 11 is 0. The Hall–Kier alpha value is -0.530. The SMILES string of the molecule is CC1C2CC(C1C)C1(C2)CC(C)(C)OC1=O. The van der Waals surface area contributed by atoms with Gasteiger partial charge in [-0.05, 0) is 50.4 Å². The molecule has 1 spiro atoms. The van der Waals surface area contributed by atoms with E-state index in [9.17, 15) is 4.79 Å². The zero-order chi connectivity index (χ0) is 11.7. The van der Waals surface area contributed by atoms with Gasteiger partial charge in [-0.2, -0.15) is 0 Å². The minimum absolute atomic E-state index is 0.101. The standard InChI is InChI=1S/C14H22O2/c1-8-9(2)11-5-10(8)6-14(11)7-13(3,4)16-12(14)15/h8-11H,5-7H2,1-4H3. The summed E-state index contributed by atoms with van der Waals surface area (Å²) in [5.74, 6) is 2.94. The number of esters is 1. The fourth-order valence-electron chi connectivity index (χ4n) is 4.83. The monoisotopic (exact) mass is 222 g/mol. The quantitative estimate of drug-likeness (QED) is 0.589. The number of carbonyl (C=O) groups excluding carboxylic acids is 1. The fraction of sp³-hybridized carbons (Fsp3) is 0.929. The van der Waals surface area contributed by atoms with Crippen LogP contribution in [0.1, 0.15) is 47.0 Å². The van der Waals surface area contributed by atoms with Gasteiger partial charge < -0.3 is 4.74 Å². The first kappa shape index (κ1) is 10.6. The molecule has 0 radical (unpaired) electrons. The molecule has 2 bridgehead atoms. The molecule has 2 aliphatic carbocycles. The van der Waals surface area contributed by atoms with Crippen molar-refractivity contribution in [3.63, 3.8) is 0 Å². The topological polar surface area (TPSA) is 26.3 Å². The summed E-state index contributed by atoms with van der Waals surface area (Å²) < 4.78 is 5.58. The zero-order valence-corrected chi connectivity index (χ0v) is 10.7. The third kappa shape index (κ3) is 1.11. The molecule has 2 nitrogen and oxygen atoms in total. The molecule has 0 aromatic rings. The molecule has 3 fully saturated rings. The van der Waals surface area contributed by atoms with Crippen LogP contribution >= 0.6 is 0 Å². The minimum atomic E-state index is -0.232. The van der Waals surface area contributed by atoms with Crippen molar-refractivity contribution >= 4 is 5.97 Å². The van der Waals surface area contributed by atoms with Gasteiger partial charge in [-0.15, -0.1) is 0 Å². The number of hydrogen-bond donors (Lipinski definition) is 0.